The highest BCUT2D eigenvalue weighted by molar-refractivity contribution is 7.81. The third kappa shape index (κ3) is 51.1. The van der Waals surface area contributed by atoms with E-state index in [0.29, 0.717) is 0 Å². The SMILES string of the molecule is CC(=O)[O-].CC[NH+](CC)CC.O=C([O-])CS.[NH4+]. The Balaban J connectivity index is -0.0000000757. The van der Waals surface area contributed by atoms with Crippen molar-refractivity contribution in [3.05, 3.63) is 0 Å². The van der Waals surface area contributed by atoms with Gasteiger partial charge in [0.15, 0.2) is 0 Å². The van der Waals surface area contributed by atoms with Crippen molar-refractivity contribution in [3.8, 4) is 0 Å². The number of quaternary nitrogens is 2. The van der Waals surface area contributed by atoms with Crippen molar-refractivity contribution >= 4 is 24.6 Å². The van der Waals surface area contributed by atoms with Crippen LogP contribution in [0.3, 0.4) is 0 Å². The number of rotatable bonds is 4. The second-order valence-electron chi connectivity index (χ2n) is 2.83. The minimum Gasteiger partial charge on any atom is -0.550 e. The number of carboxylic acid groups (broad SMARTS) is 2. The van der Waals surface area contributed by atoms with Crippen LogP contribution in [0.15, 0.2) is 0 Å². The van der Waals surface area contributed by atoms with Crippen LogP contribution < -0.4 is 21.3 Å². The van der Waals surface area contributed by atoms with Crippen LogP contribution in [-0.2, 0) is 9.59 Å². The topological polar surface area (TPSA) is 121 Å². The summed E-state index contributed by atoms with van der Waals surface area (Å²) in [5.41, 5.74) is 0. The van der Waals surface area contributed by atoms with E-state index in [1.54, 1.807) is 4.90 Å². The maximum Gasteiger partial charge on any atom is 0.0742 e. The zero-order valence-electron chi connectivity index (χ0n) is 11.4. The smallest absolute Gasteiger partial charge is 0.0742 e. The second-order valence-corrected chi connectivity index (χ2v) is 3.15. The van der Waals surface area contributed by atoms with Crippen molar-refractivity contribution in [2.75, 3.05) is 25.4 Å². The molecular formula is C10H26N2O4S. The molecule has 0 aromatic heterocycles. The van der Waals surface area contributed by atoms with E-state index < -0.39 is 11.9 Å². The molecular weight excluding hydrogens is 244 g/mol. The molecule has 0 fully saturated rings. The standard InChI is InChI=1S/C6H15N.C2H4O2S.C2H4O2.H3N/c1-4-7(5-2)6-3;3-2(4)1-5;1-2(3)4;/h4-6H2,1-3H3;5H,1H2,(H,3,4);1H3,(H,3,4);1H3. The fourth-order valence-electron chi connectivity index (χ4n) is 0.750. The molecule has 0 heterocycles. The Bertz CT molecular complexity index is 166. The molecule has 0 spiro atoms. The molecule has 0 amide bonds. The highest BCUT2D eigenvalue weighted by Crippen LogP contribution is 1.62. The second kappa shape index (κ2) is 20.6. The van der Waals surface area contributed by atoms with Crippen LogP contribution in [0.1, 0.15) is 27.7 Å². The minimum absolute atomic E-state index is 0. The van der Waals surface area contributed by atoms with Gasteiger partial charge in [-0.15, -0.1) is 0 Å². The number of carboxylic acids is 2. The number of carbonyl (C=O) groups excluding carboxylic acids is 2. The number of carbonyl (C=O) groups is 2. The summed E-state index contributed by atoms with van der Waals surface area (Å²) < 4.78 is 0. The molecule has 0 aliphatic heterocycles. The molecule has 0 atom stereocenters. The molecule has 0 saturated carbocycles. The van der Waals surface area contributed by atoms with Crippen molar-refractivity contribution in [2.24, 2.45) is 0 Å². The summed E-state index contributed by atoms with van der Waals surface area (Å²) in [5.74, 6) is -2.41. The molecule has 7 heteroatoms. The molecule has 0 saturated heterocycles. The molecule has 17 heavy (non-hydrogen) atoms. The fraction of sp³-hybridized carbons (Fsp3) is 0.800. The van der Waals surface area contributed by atoms with Gasteiger partial charge in [0.1, 0.15) is 0 Å². The Morgan fingerprint density at radius 3 is 1.24 bits per heavy atom. The summed E-state index contributed by atoms with van der Waals surface area (Å²) in [4.78, 5) is 19.8. The van der Waals surface area contributed by atoms with Crippen LogP contribution >= 0.6 is 12.6 Å². The van der Waals surface area contributed by atoms with Crippen LogP contribution in [0.5, 0.6) is 0 Å². The number of hydrogen-bond acceptors (Lipinski definition) is 5. The van der Waals surface area contributed by atoms with Crippen molar-refractivity contribution in [1.29, 1.82) is 0 Å². The first-order chi connectivity index (χ1) is 7.35. The molecule has 106 valence electrons. The third-order valence-electron chi connectivity index (χ3n) is 1.63. The van der Waals surface area contributed by atoms with E-state index in [9.17, 15) is 9.90 Å². The van der Waals surface area contributed by atoms with Crippen LogP contribution in [0.2, 0.25) is 0 Å². The van der Waals surface area contributed by atoms with Crippen molar-refractivity contribution in [2.45, 2.75) is 27.7 Å². The van der Waals surface area contributed by atoms with Crippen molar-refractivity contribution in [3.63, 3.8) is 0 Å². The lowest BCUT2D eigenvalue weighted by atomic mass is 10.5. The zero-order valence-corrected chi connectivity index (χ0v) is 12.3. The molecule has 0 rings (SSSR count). The van der Waals surface area contributed by atoms with E-state index in [4.69, 9.17) is 9.90 Å². The predicted octanol–water partition coefficient (Wildman–Crippen LogP) is -2.27. The van der Waals surface area contributed by atoms with E-state index in [0.717, 1.165) is 6.92 Å². The molecule has 0 aliphatic rings. The first-order valence-electron chi connectivity index (χ1n) is 5.17. The lowest BCUT2D eigenvalue weighted by Crippen LogP contribution is -3.11. The molecule has 0 radical (unpaired) electrons. The lowest BCUT2D eigenvalue weighted by Gasteiger charge is -2.10. The Hall–Kier alpha value is -0.790. The number of nitrogens with one attached hydrogen (secondary N) is 1. The Morgan fingerprint density at radius 1 is 1.06 bits per heavy atom. The van der Waals surface area contributed by atoms with Gasteiger partial charge in [-0.1, -0.05) is 0 Å². The highest BCUT2D eigenvalue weighted by Gasteiger charge is 1.92. The largest absolute Gasteiger partial charge is 0.550 e. The van der Waals surface area contributed by atoms with E-state index in [1.165, 1.54) is 19.6 Å². The van der Waals surface area contributed by atoms with Crippen LogP contribution in [0.25, 0.3) is 0 Å². The van der Waals surface area contributed by atoms with Gasteiger partial charge in [0.25, 0.3) is 0 Å². The lowest BCUT2D eigenvalue weighted by molar-refractivity contribution is -0.894. The van der Waals surface area contributed by atoms with Crippen LogP contribution in [0, 0.1) is 0 Å². The van der Waals surface area contributed by atoms with Crippen LogP contribution in [-0.4, -0.2) is 37.3 Å². The van der Waals surface area contributed by atoms with E-state index in [2.05, 4.69) is 33.4 Å². The van der Waals surface area contributed by atoms with Crippen LogP contribution in [0.4, 0.5) is 0 Å². The molecule has 0 bridgehead atoms. The third-order valence-corrected chi connectivity index (χ3v) is 1.89. The molecule has 0 aromatic carbocycles. The summed E-state index contributed by atoms with van der Waals surface area (Å²) in [6.07, 6.45) is 0. The maximum atomic E-state index is 9.18. The van der Waals surface area contributed by atoms with Gasteiger partial charge in [0, 0.05) is 11.7 Å². The molecule has 5 N–H and O–H groups in total. The summed E-state index contributed by atoms with van der Waals surface area (Å²) in [6.45, 7) is 11.5. The van der Waals surface area contributed by atoms with Gasteiger partial charge in [0.2, 0.25) is 0 Å². The summed E-state index contributed by atoms with van der Waals surface area (Å²) in [5, 5.41) is 18.1. The monoisotopic (exact) mass is 270 g/mol. The zero-order chi connectivity index (χ0) is 13.6. The minimum atomic E-state index is -1.13. The number of hydrogen-bond donors (Lipinski definition) is 3. The van der Waals surface area contributed by atoms with Gasteiger partial charge in [0.05, 0.1) is 25.6 Å². The Labute approximate surface area is 109 Å². The quantitative estimate of drug-likeness (QED) is 0.499. The fourth-order valence-corrected chi connectivity index (χ4v) is 0.750. The number of thiol groups is 1. The highest BCUT2D eigenvalue weighted by atomic mass is 32.1. The molecule has 0 aliphatic carbocycles. The molecule has 0 unspecified atom stereocenters. The van der Waals surface area contributed by atoms with E-state index >= 15 is 0 Å². The van der Waals surface area contributed by atoms with E-state index in [1.807, 2.05) is 0 Å². The summed E-state index contributed by atoms with van der Waals surface area (Å²) in [7, 11) is 0. The normalized spacial score (nSPS) is 7.88. The molecule has 6 nitrogen and oxygen atoms in total. The maximum absolute atomic E-state index is 9.18. The van der Waals surface area contributed by atoms with Crippen molar-refractivity contribution in [1.82, 2.24) is 6.15 Å². The van der Waals surface area contributed by atoms with Gasteiger partial charge < -0.3 is 30.9 Å². The van der Waals surface area contributed by atoms with E-state index in [-0.39, 0.29) is 11.9 Å². The summed E-state index contributed by atoms with van der Waals surface area (Å²) in [6, 6.07) is 0. The first kappa shape index (κ1) is 25.2. The van der Waals surface area contributed by atoms with Gasteiger partial charge >= 0.3 is 0 Å². The average Bonchev–Trinajstić information content (AvgIpc) is 2.20. The van der Waals surface area contributed by atoms with Crippen molar-refractivity contribution < 1.29 is 24.7 Å². The van der Waals surface area contributed by atoms with Gasteiger partial charge in [-0.3, -0.25) is 0 Å². The molecule has 0 aromatic rings. The van der Waals surface area contributed by atoms with Gasteiger partial charge in [-0.25, -0.2) is 0 Å². The summed E-state index contributed by atoms with van der Waals surface area (Å²) >= 11 is 3.35. The average molecular weight is 270 g/mol. The van der Waals surface area contributed by atoms with Gasteiger partial charge in [-0.2, -0.15) is 12.6 Å². The Morgan fingerprint density at radius 2 is 1.24 bits per heavy atom. The first-order valence-corrected chi connectivity index (χ1v) is 5.80. The Kier molecular flexibility index (Phi) is 30.5. The predicted molar refractivity (Wildman–Crippen MR) is 68.1 cm³/mol. The van der Waals surface area contributed by atoms with Gasteiger partial charge in [-0.05, 0) is 27.7 Å². The number of aliphatic carboxylic acids is 2.